The topological polar surface area (TPSA) is 66.4 Å². The quantitative estimate of drug-likeness (QED) is 0.349. The minimum atomic E-state index is -0.197. The Kier molecular flexibility index (Phi) is 21.6. The second kappa shape index (κ2) is 20.5. The van der Waals surface area contributed by atoms with E-state index in [1.807, 2.05) is 25.1 Å². The predicted octanol–water partition coefficient (Wildman–Crippen LogP) is 2.44. The van der Waals surface area contributed by atoms with Crippen molar-refractivity contribution in [2.75, 3.05) is 13.2 Å². The minimum Gasteiger partial charge on any atom is -0.665 e. The van der Waals surface area contributed by atoms with Gasteiger partial charge in [0.25, 0.3) is 0 Å². The SMILES string of the molecule is CC=Cc1c(CCCCCCCCC)cccc1OCC[O].O=[C-]O.[Na+]. The van der Waals surface area contributed by atoms with Crippen LogP contribution in [-0.2, 0) is 16.3 Å². The van der Waals surface area contributed by atoms with E-state index in [2.05, 4.69) is 19.1 Å². The molecule has 0 heterocycles. The van der Waals surface area contributed by atoms with Gasteiger partial charge < -0.3 is 14.6 Å². The van der Waals surface area contributed by atoms with E-state index in [9.17, 15) is 5.11 Å². The Balaban J connectivity index is 0. The number of hydrogen-bond acceptors (Lipinski definition) is 2. The number of benzene rings is 1. The maximum atomic E-state index is 10.6. The van der Waals surface area contributed by atoms with Crippen LogP contribution in [0.5, 0.6) is 5.75 Å². The molecule has 4 nitrogen and oxygen atoms in total. The van der Waals surface area contributed by atoms with Crippen molar-refractivity contribution in [1.82, 2.24) is 0 Å². The summed E-state index contributed by atoms with van der Waals surface area (Å²) >= 11 is 0. The van der Waals surface area contributed by atoms with E-state index >= 15 is 0 Å². The van der Waals surface area contributed by atoms with E-state index in [0.29, 0.717) is 6.47 Å². The second-order valence-corrected chi connectivity index (χ2v) is 5.84. The summed E-state index contributed by atoms with van der Waals surface area (Å²) in [6, 6.07) is 6.17. The second-order valence-electron chi connectivity index (χ2n) is 5.84. The molecule has 0 spiro atoms. The summed E-state index contributed by atoms with van der Waals surface area (Å²) in [5, 5.41) is 17.4. The van der Waals surface area contributed by atoms with Crippen LogP contribution in [0.3, 0.4) is 0 Å². The van der Waals surface area contributed by atoms with E-state index in [4.69, 9.17) is 14.6 Å². The zero-order chi connectivity index (χ0) is 18.8. The van der Waals surface area contributed by atoms with Gasteiger partial charge >= 0.3 is 29.6 Å². The van der Waals surface area contributed by atoms with E-state index in [1.54, 1.807) is 0 Å². The molecule has 5 heteroatoms. The molecule has 0 atom stereocenters. The van der Waals surface area contributed by atoms with Gasteiger partial charge in [0.15, 0.2) is 0 Å². The molecule has 1 radical (unpaired) electrons. The number of ether oxygens (including phenoxy) is 1. The standard InChI is InChI=1S/C20H31O2.CHO2.Na/c1-3-5-6-7-8-9-10-13-18-14-11-15-20(22-17-16-21)19(18)12-4-2;2-1-3;/h4,11-12,14-15H,3,5-10,13,16-17H2,1-2H3;(H,2,3);/q;-1;+1. The molecule has 0 saturated heterocycles. The third kappa shape index (κ3) is 13.4. The molecule has 1 aromatic carbocycles. The molecule has 0 aliphatic carbocycles. The van der Waals surface area contributed by atoms with Crippen LogP contribution in [0, 0.1) is 0 Å². The largest absolute Gasteiger partial charge is 1.00 e. The fourth-order valence-corrected chi connectivity index (χ4v) is 2.71. The van der Waals surface area contributed by atoms with Crippen molar-refractivity contribution >= 4 is 12.5 Å². The van der Waals surface area contributed by atoms with Crippen molar-refractivity contribution in [2.45, 2.75) is 65.2 Å². The number of rotatable bonds is 12. The zero-order valence-corrected chi connectivity index (χ0v) is 18.6. The monoisotopic (exact) mass is 371 g/mol. The summed E-state index contributed by atoms with van der Waals surface area (Å²) in [7, 11) is 0. The normalized spacial score (nSPS) is 9.96. The molecule has 1 aromatic rings. The summed E-state index contributed by atoms with van der Waals surface area (Å²) in [6.07, 6.45) is 14.5. The first-order valence-electron chi connectivity index (χ1n) is 9.21. The van der Waals surface area contributed by atoms with Gasteiger partial charge in [-0.25, -0.2) is 5.11 Å². The van der Waals surface area contributed by atoms with Crippen molar-refractivity contribution in [3.63, 3.8) is 0 Å². The number of aryl methyl sites for hydroxylation is 1. The smallest absolute Gasteiger partial charge is 0.665 e. The summed E-state index contributed by atoms with van der Waals surface area (Å²) in [5.41, 5.74) is 2.47. The van der Waals surface area contributed by atoms with Crippen LogP contribution in [-0.4, -0.2) is 24.8 Å². The Morgan fingerprint density at radius 3 is 2.31 bits per heavy atom. The number of hydrogen-bond donors (Lipinski definition) is 1. The Morgan fingerprint density at radius 2 is 1.73 bits per heavy atom. The van der Waals surface area contributed by atoms with Crippen LogP contribution in [0.4, 0.5) is 0 Å². The molecule has 0 fully saturated rings. The number of allylic oxidation sites excluding steroid dienone is 1. The fourth-order valence-electron chi connectivity index (χ4n) is 2.71. The van der Waals surface area contributed by atoms with Crippen LogP contribution in [0.2, 0.25) is 0 Å². The first-order chi connectivity index (χ1) is 12.2. The molecular weight excluding hydrogens is 339 g/mol. The maximum Gasteiger partial charge on any atom is 1.00 e. The summed E-state index contributed by atoms with van der Waals surface area (Å²) in [6.45, 7) is 4.81. The average Bonchev–Trinajstić information content (AvgIpc) is 2.61. The van der Waals surface area contributed by atoms with E-state index < -0.39 is 0 Å². The first kappa shape index (κ1) is 27.4. The van der Waals surface area contributed by atoms with Crippen molar-refractivity contribution in [3.05, 3.63) is 35.4 Å². The van der Waals surface area contributed by atoms with Crippen LogP contribution < -0.4 is 34.3 Å². The van der Waals surface area contributed by atoms with Gasteiger partial charge in [0.1, 0.15) is 19.0 Å². The van der Waals surface area contributed by atoms with Gasteiger partial charge in [-0.05, 0) is 31.4 Å². The maximum absolute atomic E-state index is 10.6. The number of unbranched alkanes of at least 4 members (excludes halogenated alkanes) is 6. The van der Waals surface area contributed by atoms with Gasteiger partial charge in [0, 0.05) is 5.56 Å². The van der Waals surface area contributed by atoms with Crippen molar-refractivity contribution in [1.29, 1.82) is 0 Å². The molecule has 141 valence electrons. The van der Waals surface area contributed by atoms with E-state index in [-0.39, 0.29) is 42.8 Å². The third-order valence-electron chi connectivity index (χ3n) is 3.88. The molecule has 0 aromatic heterocycles. The van der Waals surface area contributed by atoms with E-state index in [0.717, 1.165) is 17.7 Å². The molecular formula is C21H32NaO4. The van der Waals surface area contributed by atoms with Gasteiger partial charge in [-0.3, -0.25) is 0 Å². The van der Waals surface area contributed by atoms with Crippen molar-refractivity contribution in [3.8, 4) is 5.75 Å². The van der Waals surface area contributed by atoms with Gasteiger partial charge in [-0.15, -0.1) is 0 Å². The van der Waals surface area contributed by atoms with Gasteiger partial charge in [0.2, 0.25) is 0 Å². The molecule has 26 heavy (non-hydrogen) atoms. The first-order valence-corrected chi connectivity index (χ1v) is 9.21. The summed E-state index contributed by atoms with van der Waals surface area (Å²) in [5.74, 6) is 0.842. The Labute approximate surface area is 180 Å². The average molecular weight is 371 g/mol. The Hall–Kier alpha value is -0.810. The van der Waals surface area contributed by atoms with Gasteiger partial charge in [-0.1, -0.05) is 76.2 Å². The molecule has 0 unspecified atom stereocenters. The van der Waals surface area contributed by atoms with Crippen molar-refractivity contribution < 1.29 is 49.3 Å². The third-order valence-corrected chi connectivity index (χ3v) is 3.88. The van der Waals surface area contributed by atoms with Gasteiger partial charge in [0.05, 0.1) is 0 Å². The Morgan fingerprint density at radius 1 is 1.12 bits per heavy atom. The molecule has 1 N–H and O–H groups in total. The van der Waals surface area contributed by atoms with Gasteiger partial charge in [-0.2, -0.15) is 0 Å². The molecule has 0 aliphatic heterocycles. The summed E-state index contributed by atoms with van der Waals surface area (Å²) < 4.78 is 5.59. The number of aliphatic hydroxyl groups excluding tert-OH is 1. The summed E-state index contributed by atoms with van der Waals surface area (Å²) in [4.78, 5) is 8.24. The molecule has 0 aliphatic rings. The Bertz CT molecular complexity index is 475. The van der Waals surface area contributed by atoms with Crippen LogP contribution in [0.25, 0.3) is 6.08 Å². The van der Waals surface area contributed by atoms with Crippen LogP contribution in [0.15, 0.2) is 24.3 Å². The minimum absolute atomic E-state index is 0. The van der Waals surface area contributed by atoms with Crippen LogP contribution in [0.1, 0.15) is 69.9 Å². The van der Waals surface area contributed by atoms with Crippen LogP contribution >= 0.6 is 0 Å². The van der Waals surface area contributed by atoms with Crippen molar-refractivity contribution in [2.24, 2.45) is 0 Å². The zero-order valence-electron chi connectivity index (χ0n) is 16.6. The molecule has 0 bridgehead atoms. The molecule has 1 rings (SSSR count). The molecule has 0 amide bonds. The van der Waals surface area contributed by atoms with E-state index in [1.165, 1.54) is 50.5 Å². The predicted molar refractivity (Wildman–Crippen MR) is 102 cm³/mol. The fraction of sp³-hybridized carbons (Fsp3) is 0.571. The molecule has 0 saturated carbocycles.